The van der Waals surface area contributed by atoms with Crippen LogP contribution in [-0.4, -0.2) is 44.1 Å². The average molecular weight is 455 g/mol. The number of nitrogens with one attached hydrogen (secondary N) is 2. The van der Waals surface area contributed by atoms with Crippen molar-refractivity contribution in [2.24, 2.45) is 0 Å². The molecular weight excluding hydrogens is 428 g/mol. The van der Waals surface area contributed by atoms with Crippen LogP contribution < -0.4 is 15.5 Å². The van der Waals surface area contributed by atoms with Crippen molar-refractivity contribution in [3.8, 4) is 11.3 Å². The second kappa shape index (κ2) is 7.04. The Balaban J connectivity index is 1.32. The molecular formula is C26H26N6O2. The molecule has 8 heteroatoms. The van der Waals surface area contributed by atoms with E-state index in [1.165, 1.54) is 0 Å². The Labute approximate surface area is 197 Å². The predicted octanol–water partition coefficient (Wildman–Crippen LogP) is 3.94. The summed E-state index contributed by atoms with van der Waals surface area (Å²) in [5.41, 5.74) is 5.06. The van der Waals surface area contributed by atoms with Gasteiger partial charge in [-0.25, -0.2) is 9.97 Å². The van der Waals surface area contributed by atoms with Crippen LogP contribution in [0.5, 0.6) is 0 Å². The van der Waals surface area contributed by atoms with Gasteiger partial charge in [-0.15, -0.1) is 0 Å². The zero-order chi connectivity index (χ0) is 23.7. The van der Waals surface area contributed by atoms with Crippen LogP contribution in [-0.2, 0) is 10.2 Å². The Morgan fingerprint density at radius 2 is 1.85 bits per heavy atom. The highest BCUT2D eigenvalue weighted by Gasteiger charge is 2.38. The zero-order valence-electron chi connectivity index (χ0n) is 19.3. The van der Waals surface area contributed by atoms with Gasteiger partial charge in [0.05, 0.1) is 16.7 Å². The summed E-state index contributed by atoms with van der Waals surface area (Å²) in [6.07, 6.45) is 5.58. The monoisotopic (exact) mass is 454 g/mol. The second-order valence-corrected chi connectivity index (χ2v) is 10.00. The number of hydrogen-bond acceptors (Lipinski definition) is 6. The Morgan fingerprint density at radius 1 is 1.09 bits per heavy atom. The molecule has 0 atom stereocenters. The van der Waals surface area contributed by atoms with E-state index in [1.807, 2.05) is 80.0 Å². The van der Waals surface area contributed by atoms with E-state index in [9.17, 15) is 9.90 Å². The van der Waals surface area contributed by atoms with E-state index >= 15 is 0 Å². The Morgan fingerprint density at radius 3 is 2.59 bits per heavy atom. The minimum absolute atomic E-state index is 0.00492. The summed E-state index contributed by atoms with van der Waals surface area (Å²) < 4.78 is 1.94. The summed E-state index contributed by atoms with van der Waals surface area (Å²) in [5.74, 6) is 0.650. The van der Waals surface area contributed by atoms with Gasteiger partial charge in [-0.1, -0.05) is 12.1 Å². The standard InChI is InChI=1S/C26H26N6O2/c1-25(2)19-9-4-16(12-20(19)30-24(25)33)21-13-31-11-10-27-23(31)22(29-21)28-17-5-7-18(8-6-17)32-14-26(3,34)15-32/h4-13,34H,14-15H2,1-3H3,(H,28,29)(H,30,33). The lowest BCUT2D eigenvalue weighted by Gasteiger charge is -2.45. The van der Waals surface area contributed by atoms with Crippen molar-refractivity contribution in [2.45, 2.75) is 31.8 Å². The van der Waals surface area contributed by atoms with E-state index < -0.39 is 11.0 Å². The minimum atomic E-state index is -0.607. The number of amides is 1. The fourth-order valence-electron chi connectivity index (χ4n) is 4.76. The molecule has 2 aliphatic rings. The van der Waals surface area contributed by atoms with Gasteiger partial charge < -0.3 is 25.0 Å². The highest BCUT2D eigenvalue weighted by molar-refractivity contribution is 6.06. The number of benzene rings is 2. The molecule has 0 saturated carbocycles. The molecule has 1 amide bonds. The lowest BCUT2D eigenvalue weighted by Crippen LogP contribution is -2.60. The lowest BCUT2D eigenvalue weighted by atomic mass is 9.86. The Kier molecular flexibility index (Phi) is 4.28. The third-order valence-electron chi connectivity index (χ3n) is 6.74. The van der Waals surface area contributed by atoms with Crippen molar-refractivity contribution >= 4 is 34.4 Å². The Bertz CT molecular complexity index is 1430. The summed E-state index contributed by atoms with van der Waals surface area (Å²) in [6.45, 7) is 6.99. The van der Waals surface area contributed by atoms with Crippen LogP contribution in [0.2, 0.25) is 0 Å². The number of β-amino-alcohol motifs (C(OH)–C–C–N with tert-alkyl or cyclic N) is 1. The molecule has 0 bridgehead atoms. The van der Waals surface area contributed by atoms with Crippen molar-refractivity contribution in [1.29, 1.82) is 0 Å². The van der Waals surface area contributed by atoms with E-state index in [4.69, 9.17) is 4.98 Å². The quantitative estimate of drug-likeness (QED) is 0.432. The first-order valence-electron chi connectivity index (χ1n) is 11.3. The number of rotatable bonds is 4. The first-order valence-corrected chi connectivity index (χ1v) is 11.3. The number of anilines is 4. The molecule has 2 aliphatic heterocycles. The van der Waals surface area contributed by atoms with Crippen LogP contribution in [0.15, 0.2) is 61.1 Å². The molecule has 34 heavy (non-hydrogen) atoms. The average Bonchev–Trinajstić information content (AvgIpc) is 3.35. The third kappa shape index (κ3) is 3.30. The van der Waals surface area contributed by atoms with Gasteiger partial charge >= 0.3 is 0 Å². The zero-order valence-corrected chi connectivity index (χ0v) is 19.3. The SMILES string of the molecule is CC1(O)CN(c2ccc(Nc3nc(-c4ccc5c(c4)NC(=O)C5(C)C)cn4ccnc34)cc2)C1. The second-order valence-electron chi connectivity index (χ2n) is 10.00. The van der Waals surface area contributed by atoms with E-state index in [-0.39, 0.29) is 5.91 Å². The maximum Gasteiger partial charge on any atom is 0.234 e. The van der Waals surface area contributed by atoms with Crippen molar-refractivity contribution in [1.82, 2.24) is 14.4 Å². The van der Waals surface area contributed by atoms with E-state index in [0.29, 0.717) is 18.9 Å². The number of carbonyl (C=O) groups excluding carboxylic acids is 1. The molecule has 4 heterocycles. The van der Waals surface area contributed by atoms with Crippen LogP contribution in [0.25, 0.3) is 16.9 Å². The number of carbonyl (C=O) groups is 1. The number of aliphatic hydroxyl groups is 1. The van der Waals surface area contributed by atoms with Crippen molar-refractivity contribution < 1.29 is 9.90 Å². The summed E-state index contributed by atoms with van der Waals surface area (Å²) in [4.78, 5) is 23.8. The van der Waals surface area contributed by atoms with Crippen LogP contribution in [0.3, 0.4) is 0 Å². The van der Waals surface area contributed by atoms with Crippen molar-refractivity contribution in [3.63, 3.8) is 0 Å². The first kappa shape index (κ1) is 20.7. The fourth-order valence-corrected chi connectivity index (χ4v) is 4.76. The summed E-state index contributed by atoms with van der Waals surface area (Å²) in [5, 5.41) is 16.4. The molecule has 1 saturated heterocycles. The van der Waals surface area contributed by atoms with Crippen molar-refractivity contribution in [3.05, 3.63) is 66.6 Å². The minimum Gasteiger partial charge on any atom is -0.386 e. The van der Waals surface area contributed by atoms with Gasteiger partial charge in [0.2, 0.25) is 5.91 Å². The number of imidazole rings is 1. The maximum absolute atomic E-state index is 12.4. The molecule has 2 aromatic carbocycles. The van der Waals surface area contributed by atoms with Gasteiger partial charge in [-0.05, 0) is 56.7 Å². The van der Waals surface area contributed by atoms with Gasteiger partial charge in [-0.2, -0.15) is 0 Å². The van der Waals surface area contributed by atoms with E-state index in [1.54, 1.807) is 6.20 Å². The normalized spacial score (nSPS) is 17.9. The summed E-state index contributed by atoms with van der Waals surface area (Å²) >= 11 is 0. The Hall–Kier alpha value is -3.91. The number of nitrogens with zero attached hydrogens (tertiary/aromatic N) is 4. The predicted molar refractivity (Wildman–Crippen MR) is 133 cm³/mol. The molecule has 172 valence electrons. The van der Waals surface area contributed by atoms with E-state index in [2.05, 4.69) is 20.5 Å². The molecule has 1 fully saturated rings. The maximum atomic E-state index is 12.4. The molecule has 0 aliphatic carbocycles. The lowest BCUT2D eigenvalue weighted by molar-refractivity contribution is -0.119. The van der Waals surface area contributed by atoms with Gasteiger partial charge in [0.1, 0.15) is 0 Å². The van der Waals surface area contributed by atoms with Crippen LogP contribution in [0.4, 0.5) is 22.9 Å². The smallest absolute Gasteiger partial charge is 0.234 e. The van der Waals surface area contributed by atoms with Crippen LogP contribution in [0, 0.1) is 0 Å². The molecule has 0 unspecified atom stereocenters. The summed E-state index contributed by atoms with van der Waals surface area (Å²) in [7, 11) is 0. The van der Waals surface area contributed by atoms with Crippen LogP contribution in [0.1, 0.15) is 26.3 Å². The molecule has 0 radical (unpaired) electrons. The van der Waals surface area contributed by atoms with Gasteiger partial charge in [-0.3, -0.25) is 4.79 Å². The molecule has 8 nitrogen and oxygen atoms in total. The van der Waals surface area contributed by atoms with Gasteiger partial charge in [0, 0.05) is 54.3 Å². The van der Waals surface area contributed by atoms with Gasteiger partial charge in [0.15, 0.2) is 11.5 Å². The molecule has 6 rings (SSSR count). The highest BCUT2D eigenvalue weighted by Crippen LogP contribution is 2.39. The highest BCUT2D eigenvalue weighted by atomic mass is 16.3. The molecule has 3 N–H and O–H groups in total. The number of fused-ring (bicyclic) bond motifs is 2. The van der Waals surface area contributed by atoms with Gasteiger partial charge in [0.25, 0.3) is 0 Å². The van der Waals surface area contributed by atoms with E-state index in [0.717, 1.165) is 39.5 Å². The molecule has 2 aromatic heterocycles. The molecule has 0 spiro atoms. The number of aromatic nitrogens is 3. The molecule has 4 aromatic rings. The third-order valence-corrected chi connectivity index (χ3v) is 6.74. The fraction of sp³-hybridized carbons (Fsp3) is 0.269. The topological polar surface area (TPSA) is 94.8 Å². The van der Waals surface area contributed by atoms with Crippen LogP contribution >= 0.6 is 0 Å². The number of hydrogen-bond donors (Lipinski definition) is 3. The largest absolute Gasteiger partial charge is 0.386 e. The van der Waals surface area contributed by atoms with Crippen molar-refractivity contribution in [2.75, 3.05) is 28.6 Å². The summed E-state index contributed by atoms with van der Waals surface area (Å²) in [6, 6.07) is 14.1. The first-order chi connectivity index (χ1) is 16.2.